The first kappa shape index (κ1) is 11.0. The Balaban J connectivity index is 2.60. The van der Waals surface area contributed by atoms with Gasteiger partial charge in [0.05, 0.1) is 0 Å². The van der Waals surface area contributed by atoms with Gasteiger partial charge >= 0.3 is 0 Å². The second kappa shape index (κ2) is 5.63. The van der Waals surface area contributed by atoms with E-state index in [9.17, 15) is 0 Å². The van der Waals surface area contributed by atoms with Crippen LogP contribution in [0.5, 0.6) is 0 Å². The van der Waals surface area contributed by atoms with Crippen LogP contribution in [0.2, 0.25) is 0 Å². The second-order valence-corrected chi connectivity index (χ2v) is 7.03. The number of benzene rings is 1. The highest BCUT2D eigenvalue weighted by Gasteiger charge is 1.96. The van der Waals surface area contributed by atoms with Crippen LogP contribution >= 0.6 is 45.2 Å². The van der Waals surface area contributed by atoms with Gasteiger partial charge in [-0.1, -0.05) is 18.2 Å². The molecule has 13 heavy (non-hydrogen) atoms. The number of nitrogens with two attached hydrogens (primary N) is 1. The van der Waals surface area contributed by atoms with Gasteiger partial charge in [-0.2, -0.15) is 0 Å². The average Bonchev–Trinajstić information content (AvgIpc) is 2.04. The summed E-state index contributed by atoms with van der Waals surface area (Å²) in [4.78, 5) is 4.13. The lowest BCUT2D eigenvalue weighted by Crippen LogP contribution is -2.23. The number of nitrogens with zero attached hydrogens (tertiary/aromatic N) is 1. The standard InChI is InChI=1S/C8H9I2N3/c9-7(10)13-8(11)12-6-4-2-1-3-5-6/h1-5,7H,(H3,11,12,13). The van der Waals surface area contributed by atoms with Crippen LogP contribution in [0, 0.1) is 0 Å². The van der Waals surface area contributed by atoms with Crippen molar-refractivity contribution >= 4 is 56.8 Å². The van der Waals surface area contributed by atoms with Crippen LogP contribution in [0.15, 0.2) is 35.3 Å². The number of halogens is 2. The number of guanidine groups is 1. The van der Waals surface area contributed by atoms with Crippen LogP contribution in [0.4, 0.5) is 5.69 Å². The monoisotopic (exact) mass is 401 g/mol. The molecule has 0 spiro atoms. The first-order valence-electron chi connectivity index (χ1n) is 3.62. The molecule has 0 atom stereocenters. The number of para-hydroxylation sites is 1. The molecule has 0 amide bonds. The molecule has 0 saturated heterocycles. The number of rotatable bonds is 2. The summed E-state index contributed by atoms with van der Waals surface area (Å²) in [6.07, 6.45) is 0. The highest BCUT2D eigenvalue weighted by Crippen LogP contribution is 2.11. The van der Waals surface area contributed by atoms with Gasteiger partial charge in [0.25, 0.3) is 0 Å². The van der Waals surface area contributed by atoms with Gasteiger partial charge in [0, 0.05) is 5.69 Å². The van der Waals surface area contributed by atoms with Crippen LogP contribution in [0.1, 0.15) is 0 Å². The zero-order valence-corrected chi connectivity index (χ0v) is 11.1. The van der Waals surface area contributed by atoms with E-state index in [1.54, 1.807) is 0 Å². The van der Waals surface area contributed by atoms with E-state index >= 15 is 0 Å². The van der Waals surface area contributed by atoms with Crippen molar-refractivity contribution in [3.63, 3.8) is 0 Å². The molecule has 1 aromatic carbocycles. The fourth-order valence-corrected chi connectivity index (χ4v) is 1.41. The van der Waals surface area contributed by atoms with Crippen molar-refractivity contribution in [3.05, 3.63) is 30.3 Å². The highest BCUT2D eigenvalue weighted by molar-refractivity contribution is 14.2. The number of hydrogen-bond acceptors (Lipinski definition) is 1. The van der Waals surface area contributed by atoms with Crippen LogP contribution in [0.3, 0.4) is 0 Å². The SMILES string of the molecule is NC(=NC(I)I)Nc1ccccc1. The number of aliphatic imine (C=N–C) groups is 1. The molecule has 0 bridgehead atoms. The van der Waals surface area contributed by atoms with E-state index < -0.39 is 0 Å². The lowest BCUT2D eigenvalue weighted by molar-refractivity contribution is 1.33. The molecule has 70 valence electrons. The summed E-state index contributed by atoms with van der Waals surface area (Å²) in [6, 6.07) is 9.73. The lowest BCUT2D eigenvalue weighted by Gasteiger charge is -2.04. The summed E-state index contributed by atoms with van der Waals surface area (Å²) >= 11 is 4.36. The third-order valence-corrected chi connectivity index (χ3v) is 1.84. The fourth-order valence-electron chi connectivity index (χ4n) is 0.807. The van der Waals surface area contributed by atoms with E-state index in [2.05, 4.69) is 55.5 Å². The Labute approximate surface area is 104 Å². The molecule has 5 heteroatoms. The minimum absolute atomic E-state index is 0.159. The number of nitrogens with one attached hydrogen (secondary N) is 1. The van der Waals surface area contributed by atoms with Gasteiger partial charge in [-0.15, -0.1) is 0 Å². The molecule has 0 aromatic heterocycles. The third kappa shape index (κ3) is 4.65. The van der Waals surface area contributed by atoms with Crippen LogP contribution in [-0.2, 0) is 0 Å². The molecule has 0 unspecified atom stereocenters. The van der Waals surface area contributed by atoms with Crippen molar-refractivity contribution in [2.45, 2.75) is 2.06 Å². The van der Waals surface area contributed by atoms with Crippen molar-refractivity contribution in [3.8, 4) is 0 Å². The zero-order chi connectivity index (χ0) is 9.68. The normalized spacial score (nSPS) is 11.8. The Kier molecular flexibility index (Phi) is 4.78. The summed E-state index contributed by atoms with van der Waals surface area (Å²) < 4.78 is 0.159. The molecule has 0 heterocycles. The Morgan fingerprint density at radius 1 is 1.31 bits per heavy atom. The zero-order valence-electron chi connectivity index (χ0n) is 6.74. The van der Waals surface area contributed by atoms with E-state index in [0.29, 0.717) is 5.96 Å². The van der Waals surface area contributed by atoms with Crippen LogP contribution in [-0.4, -0.2) is 8.01 Å². The first-order chi connectivity index (χ1) is 6.18. The van der Waals surface area contributed by atoms with Crippen molar-refractivity contribution in [1.29, 1.82) is 0 Å². The van der Waals surface area contributed by atoms with Crippen LogP contribution < -0.4 is 11.1 Å². The Hall–Kier alpha value is -0.0500. The summed E-state index contributed by atoms with van der Waals surface area (Å²) in [7, 11) is 0. The smallest absolute Gasteiger partial charge is 0.194 e. The van der Waals surface area contributed by atoms with E-state index in [-0.39, 0.29) is 2.06 Å². The molecule has 0 saturated carbocycles. The van der Waals surface area contributed by atoms with Gasteiger partial charge in [-0.05, 0) is 57.3 Å². The minimum atomic E-state index is 0.159. The van der Waals surface area contributed by atoms with Crippen molar-refractivity contribution < 1.29 is 0 Å². The molecular formula is C8H9I2N3. The van der Waals surface area contributed by atoms with Gasteiger partial charge in [-0.3, -0.25) is 0 Å². The molecule has 0 aliphatic carbocycles. The topological polar surface area (TPSA) is 50.4 Å². The minimum Gasteiger partial charge on any atom is -0.370 e. The molecule has 1 aromatic rings. The largest absolute Gasteiger partial charge is 0.370 e. The predicted molar refractivity (Wildman–Crippen MR) is 73.5 cm³/mol. The maximum absolute atomic E-state index is 5.64. The van der Waals surface area contributed by atoms with Crippen molar-refractivity contribution in [1.82, 2.24) is 0 Å². The van der Waals surface area contributed by atoms with E-state index in [1.165, 1.54) is 0 Å². The van der Waals surface area contributed by atoms with Crippen LogP contribution in [0.25, 0.3) is 0 Å². The number of anilines is 1. The summed E-state index contributed by atoms with van der Waals surface area (Å²) in [5, 5.41) is 2.99. The van der Waals surface area contributed by atoms with Gasteiger partial charge in [0.15, 0.2) is 8.01 Å². The molecule has 0 fully saturated rings. The molecule has 0 aliphatic rings. The summed E-state index contributed by atoms with van der Waals surface area (Å²) in [6.45, 7) is 0. The predicted octanol–water partition coefficient (Wildman–Crippen LogP) is 2.57. The molecular weight excluding hydrogens is 392 g/mol. The van der Waals surface area contributed by atoms with E-state index in [1.807, 2.05) is 30.3 Å². The molecule has 0 aliphatic heterocycles. The maximum Gasteiger partial charge on any atom is 0.194 e. The lowest BCUT2D eigenvalue weighted by atomic mass is 10.3. The third-order valence-electron chi connectivity index (χ3n) is 1.28. The summed E-state index contributed by atoms with van der Waals surface area (Å²) in [5.74, 6) is 0.444. The van der Waals surface area contributed by atoms with Gasteiger partial charge < -0.3 is 11.1 Å². The second-order valence-electron chi connectivity index (χ2n) is 2.28. The highest BCUT2D eigenvalue weighted by atomic mass is 127. The maximum atomic E-state index is 5.64. The number of alkyl halides is 2. The fraction of sp³-hybridized carbons (Fsp3) is 0.125. The number of hydrogen-bond donors (Lipinski definition) is 2. The Morgan fingerprint density at radius 2 is 1.92 bits per heavy atom. The molecule has 3 nitrogen and oxygen atoms in total. The quantitative estimate of drug-likeness (QED) is 0.263. The molecule has 3 N–H and O–H groups in total. The first-order valence-corrected chi connectivity index (χ1v) is 6.11. The average molecular weight is 401 g/mol. The van der Waals surface area contributed by atoms with Crippen molar-refractivity contribution in [2.24, 2.45) is 10.7 Å². The van der Waals surface area contributed by atoms with Crippen molar-refractivity contribution in [2.75, 3.05) is 5.32 Å². The van der Waals surface area contributed by atoms with Gasteiger partial charge in [0.2, 0.25) is 0 Å². The summed E-state index contributed by atoms with van der Waals surface area (Å²) in [5.41, 5.74) is 6.59. The van der Waals surface area contributed by atoms with Gasteiger partial charge in [0.1, 0.15) is 0 Å². The molecule has 0 radical (unpaired) electrons. The Bertz CT molecular complexity index is 285. The Morgan fingerprint density at radius 3 is 2.46 bits per heavy atom. The van der Waals surface area contributed by atoms with E-state index in [0.717, 1.165) is 5.69 Å². The molecule has 1 rings (SSSR count). The van der Waals surface area contributed by atoms with Gasteiger partial charge in [-0.25, -0.2) is 4.99 Å². The van der Waals surface area contributed by atoms with E-state index in [4.69, 9.17) is 5.73 Å².